The van der Waals surface area contributed by atoms with E-state index in [4.69, 9.17) is 50.0 Å². The molecule has 18 nitrogen and oxygen atoms in total. The summed E-state index contributed by atoms with van der Waals surface area (Å²) in [6.07, 6.45) is 1.80. The molecule has 59 heavy (non-hydrogen) atoms. The molecule has 0 atom stereocenters. The number of ketones is 1. The Kier molecular flexibility index (Phi) is 36.3. The summed E-state index contributed by atoms with van der Waals surface area (Å²) in [5.74, 6) is -0.342. The zero-order chi connectivity index (χ0) is 47.1. The fourth-order valence-corrected chi connectivity index (χ4v) is 3.04. The maximum absolute atomic E-state index is 10.2. The van der Waals surface area contributed by atoms with Gasteiger partial charge < -0.3 is 57.5 Å². The molecule has 5 aromatic rings. The topological polar surface area (TPSA) is 307 Å². The van der Waals surface area contributed by atoms with Gasteiger partial charge in [0, 0.05) is 7.85 Å². The van der Waals surface area contributed by atoms with Crippen LogP contribution in [0.3, 0.4) is 0 Å². The van der Waals surface area contributed by atoms with Crippen molar-refractivity contribution in [1.82, 2.24) is 0 Å². The van der Waals surface area contributed by atoms with E-state index in [9.17, 15) is 42.3 Å². The molecular formula is C37H48F4O18. The zero-order valence-corrected chi connectivity index (χ0v) is 31.9. The van der Waals surface area contributed by atoms with Gasteiger partial charge in [-0.05, 0) is 81.4 Å². The van der Waals surface area contributed by atoms with E-state index in [-0.39, 0.29) is 73.4 Å². The lowest BCUT2D eigenvalue weighted by atomic mass is 10.2. The van der Waals surface area contributed by atoms with Crippen LogP contribution in [-0.2, 0) is 29.4 Å². The van der Waals surface area contributed by atoms with E-state index in [1.807, 2.05) is 26.0 Å². The van der Waals surface area contributed by atoms with Crippen LogP contribution in [0.1, 0.15) is 104 Å². The quantitative estimate of drug-likeness (QED) is 0.0610. The van der Waals surface area contributed by atoms with Crippen LogP contribution in [0, 0.1) is 13.8 Å². The lowest BCUT2D eigenvalue weighted by molar-refractivity contribution is -0.138. The van der Waals surface area contributed by atoms with Crippen LogP contribution >= 0.6 is 0 Å². The van der Waals surface area contributed by atoms with Gasteiger partial charge in [0.1, 0.15) is 54.4 Å². The van der Waals surface area contributed by atoms with Gasteiger partial charge in [-0.15, -0.1) is 0 Å². The highest BCUT2D eigenvalue weighted by Crippen LogP contribution is 2.08. The van der Waals surface area contributed by atoms with Crippen molar-refractivity contribution >= 4 is 42.5 Å². The number of carboxylic acids is 3. The van der Waals surface area contributed by atoms with Gasteiger partial charge in [-0.25, -0.2) is 9.59 Å². The molecule has 0 bridgehead atoms. The summed E-state index contributed by atoms with van der Waals surface area (Å²) in [7, 11) is -0.500. The first kappa shape index (κ1) is 56.4. The third-order valence-corrected chi connectivity index (χ3v) is 5.46. The minimum atomic E-state index is -1.28. The number of aliphatic carboxylic acids is 1. The van der Waals surface area contributed by atoms with E-state index in [2.05, 4.69) is 10.3 Å². The maximum atomic E-state index is 10.2. The standard InChI is InChI=1S/C6H4O5.C6H8O3.C6H6O3.C6H4O3.C6H8O.C5H8O3.2CH3F.2FH.H2/c7-5(8)3-1-2-4(11-3)6(9)10;3*7-3-5-1-2-6(4-8)9-5;1-5-3-4-6(2)7-5;1-4(6)2-3-5(7)8;2*1-2;;;/h1-2H,(H,7,8)(H,9,10);1-2,7-8H,3-4H2;1-3,8H,4H2;1-4H;3-4H,1-2H3;2-3H2,1H3,(H,7,8);2*1H3;3*1H/i;;;;;;1D;;;;1+1/hD. The van der Waals surface area contributed by atoms with E-state index >= 15 is 0 Å². The number of furan rings is 5. The number of hydrogen-bond donors (Lipinski definition) is 6. The minimum Gasteiger partial charge on any atom is -0.481 e. The monoisotopic (exact) mass is 859 g/mol. The van der Waals surface area contributed by atoms with Gasteiger partial charge in [-0.3, -0.25) is 37.4 Å². The van der Waals surface area contributed by atoms with Crippen LogP contribution in [0.5, 0.6) is 0 Å². The largest absolute Gasteiger partial charge is 0.481 e. The molecule has 0 amide bonds. The molecule has 5 rings (SSSR count). The minimum absolute atomic E-state index is 0. The molecule has 0 aliphatic carbocycles. The smallest absolute Gasteiger partial charge is 0.371 e. The first-order valence-electron chi connectivity index (χ1n) is 16.6. The SMILES string of the molecule is CC(=O)CCC(=O)O.CF.Cc1ccc(C)o1.F.O=C(O)c1ccc(C(=O)O)o1.O=Cc1ccc(C=O)o1.O=Cc1ccc(CO)o1.OCc1ccc(CO)o1.[2HH].[2H]CF.[2H]F. The van der Waals surface area contributed by atoms with Crippen molar-refractivity contribution < 1.29 is 107 Å². The summed E-state index contributed by atoms with van der Waals surface area (Å²) in [6, 6.07) is 15.3. The third-order valence-electron chi connectivity index (χ3n) is 5.46. The van der Waals surface area contributed by atoms with Gasteiger partial charge in [-0.1, -0.05) is 0 Å². The number of carboxylic acid groups (broad SMARTS) is 3. The third kappa shape index (κ3) is 30.9. The number of aldehydes is 3. The second-order valence-corrected chi connectivity index (χ2v) is 9.77. The molecule has 0 saturated carbocycles. The van der Waals surface area contributed by atoms with Crippen LogP contribution in [-0.4, -0.2) is 89.0 Å². The number of Topliss-reactive ketones (excluding diaryl/α,β-unsaturated/α-hetero) is 1. The highest BCUT2D eigenvalue weighted by atomic mass is 19.1. The molecule has 0 aliphatic rings. The predicted octanol–water partition coefficient (Wildman–Crippen LogP) is 6.49. The van der Waals surface area contributed by atoms with Crippen LogP contribution < -0.4 is 0 Å². The highest BCUT2D eigenvalue weighted by molar-refractivity contribution is 5.89. The molecule has 332 valence electrons. The lowest BCUT2D eigenvalue weighted by Gasteiger charge is -1.86. The van der Waals surface area contributed by atoms with Crippen LogP contribution in [0.15, 0.2) is 82.7 Å². The normalized spacial score (nSPS) is 8.92. The van der Waals surface area contributed by atoms with Crippen LogP contribution in [0.4, 0.5) is 18.2 Å². The fraction of sp³-hybridized carbons (Fsp3) is 0.270. The molecule has 5 heterocycles. The summed E-state index contributed by atoms with van der Waals surface area (Å²) in [5.41, 5.74) is 0. The predicted molar refractivity (Wildman–Crippen MR) is 200 cm³/mol. The summed E-state index contributed by atoms with van der Waals surface area (Å²) < 4.78 is 61.8. The fourth-order valence-electron chi connectivity index (χ4n) is 3.04. The molecule has 0 radical (unpaired) electrons. The average molecular weight is 860 g/mol. The van der Waals surface area contributed by atoms with Crippen molar-refractivity contribution in [3.8, 4) is 0 Å². The van der Waals surface area contributed by atoms with E-state index in [0.29, 0.717) is 43.3 Å². The lowest BCUT2D eigenvalue weighted by Crippen LogP contribution is -1.98. The van der Waals surface area contributed by atoms with Crippen LogP contribution in [0.25, 0.3) is 0 Å². The van der Waals surface area contributed by atoms with Gasteiger partial charge in [0.25, 0.3) is 1.45 Å². The molecule has 0 unspecified atom stereocenters. The number of rotatable bonds is 11. The second kappa shape index (κ2) is 38.0. The molecule has 6 N–H and O–H groups in total. The molecule has 5 aromatic heterocycles. The number of alkyl halides is 2. The Balaban J connectivity index is -0.000000147. The van der Waals surface area contributed by atoms with Crippen molar-refractivity contribution in [3.63, 3.8) is 0 Å². The number of carbonyl (C=O) groups is 7. The first-order valence-corrected chi connectivity index (χ1v) is 15.5. The molecule has 0 aromatic carbocycles. The molecule has 0 spiro atoms. The number of carbonyl (C=O) groups excluding carboxylic acids is 4. The zero-order valence-electron chi connectivity index (χ0n) is 33.9. The Hall–Kier alpha value is -6.91. The maximum Gasteiger partial charge on any atom is 0.371 e. The van der Waals surface area contributed by atoms with Crippen molar-refractivity contribution in [2.24, 2.45) is 0 Å². The number of hydrogen-bond acceptors (Lipinski definition) is 15. The first-order chi connectivity index (χ1) is 28.5. The molecule has 0 fully saturated rings. The molecular weight excluding hydrogens is 808 g/mol. The highest BCUT2D eigenvalue weighted by Gasteiger charge is 2.12. The average Bonchev–Trinajstić information content (AvgIpc) is 4.11. The van der Waals surface area contributed by atoms with Crippen molar-refractivity contribution in [2.75, 3.05) is 14.3 Å². The van der Waals surface area contributed by atoms with Crippen molar-refractivity contribution in [3.05, 3.63) is 118 Å². The summed E-state index contributed by atoms with van der Waals surface area (Å²) in [5, 5.41) is 50.0. The van der Waals surface area contributed by atoms with E-state index in [1.54, 1.807) is 18.2 Å². The van der Waals surface area contributed by atoms with E-state index in [1.165, 1.54) is 25.1 Å². The Bertz CT molecular complexity index is 1800. The Morgan fingerprint density at radius 2 is 0.932 bits per heavy atom. The summed E-state index contributed by atoms with van der Waals surface area (Å²) in [4.78, 5) is 69.9. The van der Waals surface area contributed by atoms with Crippen molar-refractivity contribution in [1.29, 1.82) is 1.45 Å². The Morgan fingerprint density at radius 1 is 0.593 bits per heavy atom. The summed E-state index contributed by atoms with van der Waals surface area (Å²) >= 11 is 0. The van der Waals surface area contributed by atoms with E-state index < -0.39 is 25.1 Å². The molecule has 0 aliphatic heterocycles. The van der Waals surface area contributed by atoms with Crippen molar-refractivity contribution in [2.45, 2.75) is 53.4 Å². The molecule has 22 heteroatoms. The van der Waals surface area contributed by atoms with E-state index in [0.717, 1.165) is 23.7 Å². The second-order valence-electron chi connectivity index (χ2n) is 9.77. The number of halogens is 4. The van der Waals surface area contributed by atoms with Gasteiger partial charge >= 0.3 is 17.9 Å². The Morgan fingerprint density at radius 3 is 1.12 bits per heavy atom. The van der Waals surface area contributed by atoms with Gasteiger partial charge in [0.2, 0.25) is 11.5 Å². The Labute approximate surface area is 337 Å². The molecule has 0 saturated heterocycles. The van der Waals surface area contributed by atoms with Gasteiger partial charge in [-0.2, -0.15) is 0 Å². The number of aryl methyl sites for hydroxylation is 2. The summed E-state index contributed by atoms with van der Waals surface area (Å²) in [6.45, 7) is 4.87. The van der Waals surface area contributed by atoms with Gasteiger partial charge in [0.15, 0.2) is 36.1 Å². The number of aliphatic hydroxyl groups is 3. The number of aliphatic hydroxyl groups excluding tert-OH is 3. The van der Waals surface area contributed by atoms with Gasteiger partial charge in [0.05, 0.1) is 22.1 Å². The number of aromatic carboxylic acids is 2. The van der Waals surface area contributed by atoms with Crippen LogP contribution in [0.2, 0.25) is 0 Å².